The number of aromatic hydroxyl groups is 1. The zero-order valence-electron chi connectivity index (χ0n) is 19.4. The highest BCUT2D eigenvalue weighted by Gasteiger charge is 2.24. The predicted molar refractivity (Wildman–Crippen MR) is 121 cm³/mol. The van der Waals surface area contributed by atoms with Gasteiger partial charge in [-0.05, 0) is 19.7 Å². The van der Waals surface area contributed by atoms with Crippen LogP contribution in [0.2, 0.25) is 0 Å². The summed E-state index contributed by atoms with van der Waals surface area (Å²) in [4.78, 5) is 27.4. The third kappa shape index (κ3) is 6.83. The number of nitrogens with one attached hydrogen (secondary N) is 2. The lowest BCUT2D eigenvalue weighted by Gasteiger charge is -2.29. The number of amides is 1. The van der Waals surface area contributed by atoms with E-state index < -0.39 is 35.3 Å². The molecule has 1 unspecified atom stereocenters. The van der Waals surface area contributed by atoms with Crippen LogP contribution in [-0.4, -0.2) is 58.3 Å². The molecule has 1 aromatic carbocycles. The van der Waals surface area contributed by atoms with Crippen molar-refractivity contribution in [3.63, 3.8) is 0 Å². The summed E-state index contributed by atoms with van der Waals surface area (Å²) in [6, 6.07) is 2.82. The number of likely N-dealkylation sites (N-methyl/N-ethyl adjacent to an activating group) is 1. The van der Waals surface area contributed by atoms with Crippen LogP contribution in [0.4, 0.5) is 8.78 Å². The second-order valence-electron chi connectivity index (χ2n) is 8.22. The summed E-state index contributed by atoms with van der Waals surface area (Å²) in [6.45, 7) is 6.79. The molecule has 10 heteroatoms. The Labute approximate surface area is 191 Å². The van der Waals surface area contributed by atoms with Crippen LogP contribution in [0.15, 0.2) is 29.2 Å². The van der Waals surface area contributed by atoms with E-state index >= 15 is 0 Å². The maximum atomic E-state index is 13.9. The second kappa shape index (κ2) is 11.9. The number of benzene rings is 1. The molecule has 0 saturated heterocycles. The van der Waals surface area contributed by atoms with Crippen LogP contribution in [0.25, 0.3) is 0 Å². The predicted octanol–water partition coefficient (Wildman–Crippen LogP) is 1.75. The topological polar surface area (TPSA) is 107 Å². The lowest BCUT2D eigenvalue weighted by Crippen LogP contribution is -2.39. The first kappa shape index (κ1) is 26.4. The molecule has 0 aliphatic heterocycles. The van der Waals surface area contributed by atoms with Gasteiger partial charge in [0.15, 0.2) is 5.75 Å². The van der Waals surface area contributed by atoms with Crippen molar-refractivity contribution >= 4 is 5.91 Å². The van der Waals surface area contributed by atoms with Crippen molar-refractivity contribution < 1.29 is 23.8 Å². The number of carbonyl (C=O) groups is 1. The van der Waals surface area contributed by atoms with Crippen molar-refractivity contribution in [1.82, 2.24) is 20.1 Å². The van der Waals surface area contributed by atoms with Crippen LogP contribution in [0, 0.1) is 11.6 Å². The Balaban J connectivity index is 2.42. The summed E-state index contributed by atoms with van der Waals surface area (Å²) in [5.74, 6) is -3.11. The molecule has 1 heterocycles. The Bertz CT molecular complexity index is 1030. The van der Waals surface area contributed by atoms with Crippen LogP contribution in [0.5, 0.6) is 5.75 Å². The fourth-order valence-corrected chi connectivity index (χ4v) is 3.35. The zero-order valence-corrected chi connectivity index (χ0v) is 19.4. The molecule has 1 atom stereocenters. The number of hydrogen-bond donors (Lipinski definition) is 4. The second-order valence-corrected chi connectivity index (χ2v) is 8.22. The Morgan fingerprint density at radius 2 is 1.97 bits per heavy atom. The quantitative estimate of drug-likeness (QED) is 0.402. The smallest absolute Gasteiger partial charge is 0.257 e. The molecule has 1 amide bonds. The molecule has 182 valence electrons. The van der Waals surface area contributed by atoms with Crippen LogP contribution in [0.3, 0.4) is 0 Å². The monoisotopic (exact) mass is 466 g/mol. The summed E-state index contributed by atoms with van der Waals surface area (Å²) in [7, 11) is 1.91. The normalized spacial score (nSPS) is 12.4. The Hall–Kier alpha value is -2.82. The lowest BCUT2D eigenvalue weighted by molar-refractivity contribution is 0.0947. The van der Waals surface area contributed by atoms with Gasteiger partial charge in [0.2, 0.25) is 5.43 Å². The molecule has 0 aliphatic carbocycles. The number of rotatable bonds is 11. The number of pyridine rings is 1. The van der Waals surface area contributed by atoms with Gasteiger partial charge in [0, 0.05) is 43.5 Å². The minimum Gasteiger partial charge on any atom is -0.503 e. The van der Waals surface area contributed by atoms with Crippen LogP contribution in [0.1, 0.15) is 48.4 Å². The van der Waals surface area contributed by atoms with Crippen molar-refractivity contribution in [3.05, 3.63) is 63.1 Å². The summed E-state index contributed by atoms with van der Waals surface area (Å²) >= 11 is 0. The van der Waals surface area contributed by atoms with Crippen molar-refractivity contribution in [2.24, 2.45) is 0 Å². The highest BCUT2D eigenvalue weighted by Crippen LogP contribution is 2.20. The molecular formula is C23H32F2N4O4. The standard InChI is InChI=1S/C23H32F2N4O4/c1-5-28(4)11-17(10-26-14(2)3)29-12-18(21(31)22(32)20(29)13-30)23(33)27-9-15-6-7-16(24)8-19(15)25/h6-8,12,14,17,26,30,32H,5,9-11,13H2,1-4H3,(H,27,33). The molecule has 0 saturated carbocycles. The number of carbonyl (C=O) groups excluding carboxylic acids is 1. The van der Waals surface area contributed by atoms with Gasteiger partial charge in [-0.1, -0.05) is 26.8 Å². The van der Waals surface area contributed by atoms with Gasteiger partial charge in [-0.15, -0.1) is 0 Å². The number of hydrogen-bond acceptors (Lipinski definition) is 6. The average molecular weight is 467 g/mol. The van der Waals surface area contributed by atoms with Gasteiger partial charge in [0.05, 0.1) is 18.3 Å². The third-order valence-corrected chi connectivity index (χ3v) is 5.38. The van der Waals surface area contributed by atoms with Crippen molar-refractivity contribution in [2.45, 2.75) is 46.0 Å². The summed E-state index contributed by atoms with van der Waals surface area (Å²) in [5.41, 5.74) is -1.24. The van der Waals surface area contributed by atoms with Gasteiger partial charge < -0.3 is 30.3 Å². The average Bonchev–Trinajstić information content (AvgIpc) is 2.77. The fraction of sp³-hybridized carbons (Fsp3) is 0.478. The molecule has 33 heavy (non-hydrogen) atoms. The van der Waals surface area contributed by atoms with Gasteiger partial charge in [0.1, 0.15) is 17.2 Å². The Kier molecular flexibility index (Phi) is 9.51. The maximum absolute atomic E-state index is 13.9. The van der Waals surface area contributed by atoms with E-state index in [-0.39, 0.29) is 35.4 Å². The number of halogens is 2. The van der Waals surface area contributed by atoms with E-state index in [0.29, 0.717) is 19.2 Å². The SMILES string of the molecule is CCN(C)CC(CNC(C)C)n1cc(C(=O)NCc2ccc(F)cc2F)c(=O)c(O)c1CO. The van der Waals surface area contributed by atoms with E-state index in [2.05, 4.69) is 10.6 Å². The first-order chi connectivity index (χ1) is 15.6. The summed E-state index contributed by atoms with van der Waals surface area (Å²) in [6.07, 6.45) is 1.31. The van der Waals surface area contributed by atoms with Crippen LogP contribution >= 0.6 is 0 Å². The molecule has 2 aromatic rings. The highest BCUT2D eigenvalue weighted by molar-refractivity contribution is 5.94. The van der Waals surface area contributed by atoms with Gasteiger partial charge in [-0.2, -0.15) is 0 Å². The Morgan fingerprint density at radius 3 is 2.55 bits per heavy atom. The van der Waals surface area contributed by atoms with E-state index in [4.69, 9.17) is 0 Å². The van der Waals surface area contributed by atoms with E-state index in [9.17, 15) is 28.6 Å². The molecule has 0 fully saturated rings. The maximum Gasteiger partial charge on any atom is 0.257 e. The Morgan fingerprint density at radius 1 is 1.27 bits per heavy atom. The van der Waals surface area contributed by atoms with Gasteiger partial charge in [-0.25, -0.2) is 8.78 Å². The minimum atomic E-state index is -0.938. The first-order valence-electron chi connectivity index (χ1n) is 10.8. The molecule has 8 nitrogen and oxygen atoms in total. The minimum absolute atomic E-state index is 0.00110. The van der Waals surface area contributed by atoms with Crippen molar-refractivity contribution in [1.29, 1.82) is 0 Å². The number of aliphatic hydroxyl groups is 1. The van der Waals surface area contributed by atoms with E-state index in [1.807, 2.05) is 32.7 Å². The lowest BCUT2D eigenvalue weighted by atomic mass is 10.1. The van der Waals surface area contributed by atoms with Gasteiger partial charge >= 0.3 is 0 Å². The van der Waals surface area contributed by atoms with Crippen LogP contribution in [-0.2, 0) is 13.2 Å². The largest absolute Gasteiger partial charge is 0.503 e. The fourth-order valence-electron chi connectivity index (χ4n) is 3.35. The van der Waals surface area contributed by atoms with Crippen LogP contribution < -0.4 is 16.1 Å². The molecule has 4 N–H and O–H groups in total. The number of aromatic nitrogens is 1. The number of nitrogens with zero attached hydrogens (tertiary/aromatic N) is 2. The zero-order chi connectivity index (χ0) is 24.7. The number of aliphatic hydroxyl groups excluding tert-OH is 1. The molecule has 1 aromatic heterocycles. The van der Waals surface area contributed by atoms with Gasteiger partial charge in [0.25, 0.3) is 5.91 Å². The molecule has 0 aliphatic rings. The van der Waals surface area contributed by atoms with E-state index in [0.717, 1.165) is 12.6 Å². The van der Waals surface area contributed by atoms with E-state index in [1.54, 1.807) is 0 Å². The van der Waals surface area contributed by atoms with E-state index in [1.165, 1.54) is 16.8 Å². The summed E-state index contributed by atoms with van der Waals surface area (Å²) < 4.78 is 28.5. The molecule has 0 spiro atoms. The highest BCUT2D eigenvalue weighted by atomic mass is 19.1. The van der Waals surface area contributed by atoms with Crippen molar-refractivity contribution in [2.75, 3.05) is 26.7 Å². The van der Waals surface area contributed by atoms with Crippen molar-refractivity contribution in [3.8, 4) is 5.75 Å². The molecule has 0 radical (unpaired) electrons. The summed E-state index contributed by atoms with van der Waals surface area (Å²) in [5, 5.41) is 26.1. The third-order valence-electron chi connectivity index (χ3n) is 5.38. The first-order valence-corrected chi connectivity index (χ1v) is 10.8. The molecular weight excluding hydrogens is 434 g/mol. The van der Waals surface area contributed by atoms with Gasteiger partial charge in [-0.3, -0.25) is 9.59 Å². The molecule has 0 bridgehead atoms. The molecule has 2 rings (SSSR count).